The van der Waals surface area contributed by atoms with Gasteiger partial charge in [0.2, 0.25) is 5.91 Å². The first-order chi connectivity index (χ1) is 9.15. The molecule has 1 aromatic carbocycles. The van der Waals surface area contributed by atoms with E-state index >= 15 is 0 Å². The summed E-state index contributed by atoms with van der Waals surface area (Å²) < 4.78 is 13.3. The van der Waals surface area contributed by atoms with Crippen molar-refractivity contribution in [3.8, 4) is 0 Å². The molecule has 3 nitrogen and oxygen atoms in total. The zero-order valence-corrected chi connectivity index (χ0v) is 11.1. The average molecular weight is 262 g/mol. The summed E-state index contributed by atoms with van der Waals surface area (Å²) in [4.78, 5) is 13.9. The van der Waals surface area contributed by atoms with Gasteiger partial charge in [-0.25, -0.2) is 4.39 Å². The van der Waals surface area contributed by atoms with Crippen LogP contribution in [0, 0.1) is 17.7 Å². The molecule has 1 aromatic rings. The second-order valence-electron chi connectivity index (χ2n) is 5.70. The summed E-state index contributed by atoms with van der Waals surface area (Å²) in [7, 11) is 0. The van der Waals surface area contributed by atoms with E-state index in [2.05, 4.69) is 12.2 Å². The van der Waals surface area contributed by atoms with E-state index in [0.29, 0.717) is 12.5 Å². The molecule has 1 amide bonds. The van der Waals surface area contributed by atoms with Crippen LogP contribution in [0.5, 0.6) is 0 Å². The van der Waals surface area contributed by atoms with E-state index < -0.39 is 0 Å². The van der Waals surface area contributed by atoms with Crippen molar-refractivity contribution in [1.82, 2.24) is 10.2 Å². The molecule has 19 heavy (non-hydrogen) atoms. The SMILES string of the molecule is CC(CN1C(=O)CNC1c1cccc(F)c1)C1CC1. The topological polar surface area (TPSA) is 32.3 Å². The first-order valence-corrected chi connectivity index (χ1v) is 6.93. The molecule has 2 atom stereocenters. The Bertz CT molecular complexity index is 487. The molecule has 2 unspecified atom stereocenters. The zero-order chi connectivity index (χ0) is 13.4. The number of benzene rings is 1. The summed E-state index contributed by atoms with van der Waals surface area (Å²) in [5.74, 6) is 1.15. The van der Waals surface area contributed by atoms with Gasteiger partial charge >= 0.3 is 0 Å². The Balaban J connectivity index is 1.77. The third-order valence-corrected chi connectivity index (χ3v) is 4.15. The standard InChI is InChI=1S/C15H19FN2O/c1-10(11-5-6-11)9-18-14(19)8-17-15(18)12-3-2-4-13(16)7-12/h2-4,7,10-11,15,17H,5-6,8-9H2,1H3. The number of nitrogens with zero attached hydrogens (tertiary/aromatic N) is 1. The smallest absolute Gasteiger partial charge is 0.238 e. The molecule has 0 radical (unpaired) electrons. The molecule has 2 aliphatic rings. The van der Waals surface area contributed by atoms with Gasteiger partial charge < -0.3 is 4.90 Å². The predicted octanol–water partition coefficient (Wildman–Crippen LogP) is 2.30. The molecule has 1 saturated carbocycles. The lowest BCUT2D eigenvalue weighted by Crippen LogP contribution is -2.34. The van der Waals surface area contributed by atoms with Gasteiger partial charge in [-0.1, -0.05) is 19.1 Å². The third kappa shape index (κ3) is 2.63. The van der Waals surface area contributed by atoms with Gasteiger partial charge in [0.25, 0.3) is 0 Å². The number of carbonyl (C=O) groups is 1. The summed E-state index contributed by atoms with van der Waals surface area (Å²) in [6, 6.07) is 6.49. The Morgan fingerprint density at radius 2 is 2.26 bits per heavy atom. The van der Waals surface area contributed by atoms with Crippen LogP contribution in [0.2, 0.25) is 0 Å². The fraction of sp³-hybridized carbons (Fsp3) is 0.533. The van der Waals surface area contributed by atoms with Crippen LogP contribution in [-0.4, -0.2) is 23.9 Å². The highest BCUT2D eigenvalue weighted by Gasteiger charge is 2.36. The van der Waals surface area contributed by atoms with Crippen molar-refractivity contribution in [2.24, 2.45) is 11.8 Å². The second-order valence-corrected chi connectivity index (χ2v) is 5.70. The summed E-state index contributed by atoms with van der Waals surface area (Å²) in [6.45, 7) is 3.31. The van der Waals surface area contributed by atoms with Gasteiger partial charge in [-0.3, -0.25) is 10.1 Å². The van der Waals surface area contributed by atoms with E-state index in [1.165, 1.54) is 25.0 Å². The molecule has 1 aliphatic carbocycles. The number of hydrogen-bond donors (Lipinski definition) is 1. The normalized spacial score (nSPS) is 24.8. The molecule has 3 rings (SSSR count). The zero-order valence-electron chi connectivity index (χ0n) is 11.1. The lowest BCUT2D eigenvalue weighted by atomic mass is 10.0. The molecule has 1 N–H and O–H groups in total. The average Bonchev–Trinajstić information content (AvgIpc) is 3.17. The van der Waals surface area contributed by atoms with E-state index in [-0.39, 0.29) is 17.9 Å². The number of rotatable bonds is 4. The van der Waals surface area contributed by atoms with Crippen molar-refractivity contribution < 1.29 is 9.18 Å². The number of halogens is 1. The maximum atomic E-state index is 13.3. The van der Waals surface area contributed by atoms with Crippen LogP contribution in [-0.2, 0) is 4.79 Å². The highest BCUT2D eigenvalue weighted by atomic mass is 19.1. The molecule has 4 heteroatoms. The van der Waals surface area contributed by atoms with Crippen molar-refractivity contribution in [3.05, 3.63) is 35.6 Å². The van der Waals surface area contributed by atoms with Gasteiger partial charge in [-0.15, -0.1) is 0 Å². The van der Waals surface area contributed by atoms with Crippen LogP contribution in [0.1, 0.15) is 31.5 Å². The molecule has 0 bridgehead atoms. The van der Waals surface area contributed by atoms with E-state index in [4.69, 9.17) is 0 Å². The lowest BCUT2D eigenvalue weighted by molar-refractivity contribution is -0.128. The Morgan fingerprint density at radius 3 is 2.95 bits per heavy atom. The number of amides is 1. The molecular weight excluding hydrogens is 243 g/mol. The van der Waals surface area contributed by atoms with Crippen LogP contribution in [0.4, 0.5) is 4.39 Å². The summed E-state index contributed by atoms with van der Waals surface area (Å²) >= 11 is 0. The number of hydrogen-bond acceptors (Lipinski definition) is 2. The number of nitrogens with one attached hydrogen (secondary N) is 1. The maximum Gasteiger partial charge on any atom is 0.238 e. The highest BCUT2D eigenvalue weighted by Crippen LogP contribution is 2.38. The maximum absolute atomic E-state index is 13.3. The van der Waals surface area contributed by atoms with Gasteiger partial charge in [0.15, 0.2) is 0 Å². The van der Waals surface area contributed by atoms with E-state index in [9.17, 15) is 9.18 Å². The van der Waals surface area contributed by atoms with Gasteiger partial charge in [-0.05, 0) is 42.4 Å². The van der Waals surface area contributed by atoms with E-state index in [1.54, 1.807) is 6.07 Å². The van der Waals surface area contributed by atoms with Gasteiger partial charge in [0.05, 0.1) is 6.54 Å². The quantitative estimate of drug-likeness (QED) is 0.903. The Kier molecular flexibility index (Phi) is 3.27. The second kappa shape index (κ2) is 4.93. The monoisotopic (exact) mass is 262 g/mol. The minimum Gasteiger partial charge on any atom is -0.322 e. The molecule has 2 fully saturated rings. The van der Waals surface area contributed by atoms with Gasteiger partial charge in [-0.2, -0.15) is 0 Å². The van der Waals surface area contributed by atoms with Gasteiger partial charge in [0.1, 0.15) is 12.0 Å². The summed E-state index contributed by atoms with van der Waals surface area (Å²) in [6.07, 6.45) is 2.38. The first-order valence-electron chi connectivity index (χ1n) is 6.93. The molecule has 0 aromatic heterocycles. The van der Waals surface area contributed by atoms with Crippen LogP contribution < -0.4 is 5.32 Å². The first kappa shape index (κ1) is 12.6. The van der Waals surface area contributed by atoms with Crippen LogP contribution in [0.25, 0.3) is 0 Å². The lowest BCUT2D eigenvalue weighted by Gasteiger charge is -2.27. The molecular formula is C15H19FN2O. The van der Waals surface area contributed by atoms with Crippen molar-refractivity contribution in [2.45, 2.75) is 25.9 Å². The van der Waals surface area contributed by atoms with Crippen molar-refractivity contribution in [2.75, 3.05) is 13.1 Å². The largest absolute Gasteiger partial charge is 0.322 e. The van der Waals surface area contributed by atoms with Crippen molar-refractivity contribution in [3.63, 3.8) is 0 Å². The van der Waals surface area contributed by atoms with Crippen LogP contribution >= 0.6 is 0 Å². The fourth-order valence-corrected chi connectivity index (χ4v) is 2.85. The Hall–Kier alpha value is -1.42. The van der Waals surface area contributed by atoms with Crippen LogP contribution in [0.3, 0.4) is 0 Å². The molecule has 1 heterocycles. The minimum absolute atomic E-state index is 0.113. The Labute approximate surface area is 112 Å². The Morgan fingerprint density at radius 1 is 1.47 bits per heavy atom. The molecule has 0 spiro atoms. The van der Waals surface area contributed by atoms with Crippen LogP contribution in [0.15, 0.2) is 24.3 Å². The van der Waals surface area contributed by atoms with Crippen molar-refractivity contribution in [1.29, 1.82) is 0 Å². The minimum atomic E-state index is -0.256. The third-order valence-electron chi connectivity index (χ3n) is 4.15. The molecule has 1 aliphatic heterocycles. The predicted molar refractivity (Wildman–Crippen MR) is 70.7 cm³/mol. The van der Waals surface area contributed by atoms with Crippen molar-refractivity contribution >= 4 is 5.91 Å². The fourth-order valence-electron chi connectivity index (χ4n) is 2.85. The van der Waals surface area contributed by atoms with E-state index in [0.717, 1.165) is 18.0 Å². The number of carbonyl (C=O) groups excluding carboxylic acids is 1. The molecule has 1 saturated heterocycles. The van der Waals surface area contributed by atoms with E-state index in [1.807, 2.05) is 11.0 Å². The summed E-state index contributed by atoms with van der Waals surface area (Å²) in [5, 5.41) is 3.17. The summed E-state index contributed by atoms with van der Waals surface area (Å²) in [5.41, 5.74) is 0.828. The molecule has 102 valence electrons. The highest BCUT2D eigenvalue weighted by molar-refractivity contribution is 5.81. The van der Waals surface area contributed by atoms with Gasteiger partial charge in [0, 0.05) is 6.54 Å².